The van der Waals surface area contributed by atoms with Gasteiger partial charge in [-0.05, 0) is 22.3 Å². The number of Topliss-reactive ketones (excluding diaryl/α,β-unsaturated/α-hetero) is 1. The van der Waals surface area contributed by atoms with Gasteiger partial charge in [0, 0.05) is 12.1 Å². The molecule has 1 aliphatic heterocycles. The molecule has 0 radical (unpaired) electrons. The Balaban J connectivity index is 1.67. The zero-order valence-electron chi connectivity index (χ0n) is 17.3. The average Bonchev–Trinajstić information content (AvgIpc) is 2.85. The molecule has 4 aromatic carbocycles. The van der Waals surface area contributed by atoms with Gasteiger partial charge >= 0.3 is 0 Å². The minimum Gasteiger partial charge on any atom is -0.301 e. The van der Waals surface area contributed by atoms with Gasteiger partial charge in [0.1, 0.15) is 0 Å². The molecule has 0 unspecified atom stereocenters. The SMILES string of the molecule is O=C1[C@H](c2ccccc2)[C@H](c2ccccc2)N[C@H](c2ccccc2)[C@@H]1c1ccccc1. The van der Waals surface area contributed by atoms with E-state index in [1.54, 1.807) is 0 Å². The lowest BCUT2D eigenvalue weighted by atomic mass is 9.70. The zero-order chi connectivity index (χ0) is 21.0. The number of rotatable bonds is 4. The lowest BCUT2D eigenvalue weighted by Crippen LogP contribution is -2.46. The second kappa shape index (κ2) is 8.71. The first kappa shape index (κ1) is 19.5. The molecule has 1 saturated heterocycles. The van der Waals surface area contributed by atoms with Gasteiger partial charge in [-0.3, -0.25) is 4.79 Å². The Labute approximate surface area is 183 Å². The Hall–Kier alpha value is -3.49. The van der Waals surface area contributed by atoms with Gasteiger partial charge in [0.25, 0.3) is 0 Å². The summed E-state index contributed by atoms with van der Waals surface area (Å²) in [5.74, 6) is -0.249. The molecule has 0 amide bonds. The maximum atomic E-state index is 14.3. The fourth-order valence-electron chi connectivity index (χ4n) is 4.84. The van der Waals surface area contributed by atoms with Gasteiger partial charge in [0.05, 0.1) is 11.8 Å². The lowest BCUT2D eigenvalue weighted by Gasteiger charge is -2.42. The minimum atomic E-state index is -0.256. The van der Waals surface area contributed by atoms with Gasteiger partial charge in [0.2, 0.25) is 0 Å². The number of piperidine rings is 1. The van der Waals surface area contributed by atoms with Gasteiger partial charge in [0.15, 0.2) is 5.78 Å². The van der Waals surface area contributed by atoms with Crippen molar-refractivity contribution in [3.05, 3.63) is 144 Å². The molecule has 1 aliphatic rings. The summed E-state index contributed by atoms with van der Waals surface area (Å²) < 4.78 is 0. The molecule has 5 rings (SSSR count). The van der Waals surface area contributed by atoms with Crippen molar-refractivity contribution in [2.45, 2.75) is 23.9 Å². The van der Waals surface area contributed by atoms with Gasteiger partial charge < -0.3 is 5.32 Å². The third-order valence-electron chi connectivity index (χ3n) is 6.27. The molecule has 4 atom stereocenters. The van der Waals surface area contributed by atoms with Crippen LogP contribution in [0.1, 0.15) is 46.2 Å². The summed E-state index contributed by atoms with van der Waals surface area (Å²) in [7, 11) is 0. The molecule has 0 aromatic heterocycles. The van der Waals surface area contributed by atoms with Crippen LogP contribution in [0.4, 0.5) is 0 Å². The summed E-state index contributed by atoms with van der Waals surface area (Å²) in [6.07, 6.45) is 0. The van der Waals surface area contributed by atoms with Crippen LogP contribution in [-0.4, -0.2) is 5.78 Å². The summed E-state index contributed by atoms with van der Waals surface area (Å²) in [5, 5.41) is 3.89. The molecule has 0 bridgehead atoms. The lowest BCUT2D eigenvalue weighted by molar-refractivity contribution is -0.125. The number of ketones is 1. The van der Waals surface area contributed by atoms with Gasteiger partial charge in [-0.15, -0.1) is 0 Å². The van der Waals surface area contributed by atoms with E-state index in [0.29, 0.717) is 0 Å². The second-order valence-corrected chi connectivity index (χ2v) is 8.12. The molecular weight excluding hydrogens is 378 g/mol. The third kappa shape index (κ3) is 3.83. The van der Waals surface area contributed by atoms with Crippen LogP contribution in [-0.2, 0) is 4.79 Å². The number of hydrogen-bond donors (Lipinski definition) is 1. The van der Waals surface area contributed by atoms with Crippen molar-refractivity contribution >= 4 is 5.78 Å². The molecule has 0 spiro atoms. The van der Waals surface area contributed by atoms with E-state index < -0.39 is 0 Å². The molecular formula is C29H25NO. The van der Waals surface area contributed by atoms with Crippen molar-refractivity contribution in [1.29, 1.82) is 0 Å². The van der Waals surface area contributed by atoms with Crippen molar-refractivity contribution in [2.24, 2.45) is 0 Å². The largest absolute Gasteiger partial charge is 0.301 e. The maximum absolute atomic E-state index is 14.3. The van der Waals surface area contributed by atoms with Crippen LogP contribution in [0.5, 0.6) is 0 Å². The average molecular weight is 404 g/mol. The molecule has 0 saturated carbocycles. The summed E-state index contributed by atoms with van der Waals surface area (Å²) in [6, 6.07) is 40.9. The highest BCUT2D eigenvalue weighted by Gasteiger charge is 2.45. The zero-order valence-corrected chi connectivity index (χ0v) is 17.3. The molecule has 1 heterocycles. The molecule has 1 N–H and O–H groups in total. The highest BCUT2D eigenvalue weighted by Crippen LogP contribution is 2.47. The number of carbonyl (C=O) groups is 1. The molecule has 2 nitrogen and oxygen atoms in total. The molecule has 4 aromatic rings. The minimum absolute atomic E-state index is 0.0960. The van der Waals surface area contributed by atoms with Crippen molar-refractivity contribution in [3.8, 4) is 0 Å². The molecule has 1 fully saturated rings. The fourth-order valence-corrected chi connectivity index (χ4v) is 4.84. The smallest absolute Gasteiger partial charge is 0.151 e. The van der Waals surface area contributed by atoms with E-state index in [9.17, 15) is 4.79 Å². The number of benzene rings is 4. The quantitative estimate of drug-likeness (QED) is 0.439. The van der Waals surface area contributed by atoms with Crippen molar-refractivity contribution in [1.82, 2.24) is 5.32 Å². The first-order valence-corrected chi connectivity index (χ1v) is 10.8. The Morgan fingerprint density at radius 3 is 1.03 bits per heavy atom. The second-order valence-electron chi connectivity index (χ2n) is 8.12. The topological polar surface area (TPSA) is 29.1 Å². The highest BCUT2D eigenvalue weighted by molar-refractivity contribution is 5.94. The van der Waals surface area contributed by atoms with Crippen LogP contribution in [0.25, 0.3) is 0 Å². The van der Waals surface area contributed by atoms with Crippen LogP contribution in [0.2, 0.25) is 0 Å². The van der Waals surface area contributed by atoms with Gasteiger partial charge in [-0.2, -0.15) is 0 Å². The summed E-state index contributed by atoms with van der Waals surface area (Å²) >= 11 is 0. The third-order valence-corrected chi connectivity index (χ3v) is 6.27. The van der Waals surface area contributed by atoms with E-state index in [-0.39, 0.29) is 29.7 Å². The normalized spacial score (nSPS) is 23.4. The molecule has 2 heteroatoms. The van der Waals surface area contributed by atoms with Crippen LogP contribution in [0.15, 0.2) is 121 Å². The van der Waals surface area contributed by atoms with E-state index in [1.165, 1.54) is 0 Å². The van der Waals surface area contributed by atoms with Gasteiger partial charge in [-0.25, -0.2) is 0 Å². The summed E-state index contributed by atoms with van der Waals surface area (Å²) in [4.78, 5) is 14.3. The van der Waals surface area contributed by atoms with E-state index >= 15 is 0 Å². The van der Waals surface area contributed by atoms with Crippen molar-refractivity contribution in [2.75, 3.05) is 0 Å². The Morgan fingerprint density at radius 1 is 0.419 bits per heavy atom. The maximum Gasteiger partial charge on any atom is 0.151 e. The van der Waals surface area contributed by atoms with Crippen molar-refractivity contribution in [3.63, 3.8) is 0 Å². The van der Waals surface area contributed by atoms with Crippen LogP contribution in [0.3, 0.4) is 0 Å². The van der Waals surface area contributed by atoms with Crippen LogP contribution >= 0.6 is 0 Å². The first-order valence-electron chi connectivity index (χ1n) is 10.8. The van der Waals surface area contributed by atoms with Crippen LogP contribution in [0, 0.1) is 0 Å². The Bertz CT molecular complexity index is 1040. The standard InChI is InChI=1S/C29H25NO/c31-29-25(21-13-5-1-6-14-21)27(23-17-9-3-10-18-23)30-28(24-19-11-4-12-20-24)26(29)22-15-7-2-8-16-22/h1-20,25-28,30H/t25-,26+,27+,28-. The number of hydrogen-bond acceptors (Lipinski definition) is 2. The predicted molar refractivity (Wildman–Crippen MR) is 125 cm³/mol. The fraction of sp³-hybridized carbons (Fsp3) is 0.138. The summed E-state index contributed by atoms with van der Waals surface area (Å²) in [6.45, 7) is 0. The predicted octanol–water partition coefficient (Wildman–Crippen LogP) is 6.21. The van der Waals surface area contributed by atoms with Gasteiger partial charge in [-0.1, -0.05) is 121 Å². The molecule has 31 heavy (non-hydrogen) atoms. The van der Waals surface area contributed by atoms with E-state index in [4.69, 9.17) is 0 Å². The van der Waals surface area contributed by atoms with Crippen molar-refractivity contribution < 1.29 is 4.79 Å². The molecule has 0 aliphatic carbocycles. The number of carbonyl (C=O) groups excluding carboxylic acids is 1. The first-order chi connectivity index (χ1) is 15.3. The molecule has 152 valence electrons. The monoisotopic (exact) mass is 403 g/mol. The number of nitrogens with one attached hydrogen (secondary N) is 1. The Kier molecular flexibility index (Phi) is 5.47. The highest BCUT2D eigenvalue weighted by atomic mass is 16.1. The van der Waals surface area contributed by atoms with E-state index in [1.807, 2.05) is 72.8 Å². The van der Waals surface area contributed by atoms with E-state index in [0.717, 1.165) is 22.3 Å². The van der Waals surface area contributed by atoms with E-state index in [2.05, 4.69) is 53.8 Å². The van der Waals surface area contributed by atoms with Crippen LogP contribution < -0.4 is 5.32 Å². The Morgan fingerprint density at radius 2 is 0.710 bits per heavy atom. The summed E-state index contributed by atoms with van der Waals surface area (Å²) in [5.41, 5.74) is 4.39.